The molecule has 1 aromatic rings. The van der Waals surface area contributed by atoms with Crippen molar-refractivity contribution >= 4 is 23.3 Å². The molecule has 3 amide bonds. The van der Waals surface area contributed by atoms with Crippen LogP contribution in [0.1, 0.15) is 12.8 Å². The van der Waals surface area contributed by atoms with E-state index in [1.165, 1.54) is 0 Å². The van der Waals surface area contributed by atoms with E-state index in [2.05, 4.69) is 10.6 Å². The lowest BCUT2D eigenvalue weighted by Crippen LogP contribution is -2.46. The Morgan fingerprint density at radius 1 is 1.30 bits per heavy atom. The molecule has 0 radical (unpaired) electrons. The summed E-state index contributed by atoms with van der Waals surface area (Å²) >= 11 is 0. The van der Waals surface area contributed by atoms with E-state index in [1.54, 1.807) is 36.2 Å². The van der Waals surface area contributed by atoms with Gasteiger partial charge in [0.2, 0.25) is 5.91 Å². The second-order valence-corrected chi connectivity index (χ2v) is 4.95. The van der Waals surface area contributed by atoms with Gasteiger partial charge in [-0.15, -0.1) is 0 Å². The predicted molar refractivity (Wildman–Crippen MR) is 78.2 cm³/mol. The van der Waals surface area contributed by atoms with Crippen molar-refractivity contribution in [2.75, 3.05) is 31.2 Å². The maximum atomic E-state index is 12.2. The minimum absolute atomic E-state index is 0.00464. The average Bonchev–Trinajstić information content (AvgIpc) is 2.49. The number of piperidine rings is 1. The minimum atomic E-state index is -0.177. The van der Waals surface area contributed by atoms with Crippen molar-refractivity contribution in [2.45, 2.75) is 12.8 Å². The monoisotopic (exact) mass is 276 g/mol. The van der Waals surface area contributed by atoms with Gasteiger partial charge in [-0.05, 0) is 37.1 Å². The first kappa shape index (κ1) is 14.2. The first-order valence-corrected chi connectivity index (χ1v) is 6.73. The van der Waals surface area contributed by atoms with Crippen molar-refractivity contribution in [2.24, 2.45) is 5.92 Å². The fourth-order valence-corrected chi connectivity index (χ4v) is 2.35. The summed E-state index contributed by atoms with van der Waals surface area (Å²) in [5.74, 6) is -0.124. The number of hydrogen-bond donors (Lipinski definition) is 3. The number of carbonyl (C=O) groups excluding carboxylic acids is 2. The number of carbonyl (C=O) groups is 2. The number of likely N-dealkylation sites (tertiary alicyclic amines) is 1. The topological polar surface area (TPSA) is 87.5 Å². The van der Waals surface area contributed by atoms with E-state index in [0.29, 0.717) is 24.5 Å². The van der Waals surface area contributed by atoms with Gasteiger partial charge in [-0.1, -0.05) is 0 Å². The number of rotatable bonds is 2. The third-order valence-electron chi connectivity index (χ3n) is 3.49. The molecule has 0 aliphatic carbocycles. The van der Waals surface area contributed by atoms with Gasteiger partial charge in [0.25, 0.3) is 0 Å². The number of amides is 3. The van der Waals surface area contributed by atoms with Gasteiger partial charge in [0.1, 0.15) is 0 Å². The van der Waals surface area contributed by atoms with Gasteiger partial charge in [0.15, 0.2) is 0 Å². The molecule has 1 aromatic carbocycles. The number of nitrogens with one attached hydrogen (secondary N) is 2. The highest BCUT2D eigenvalue weighted by molar-refractivity contribution is 5.90. The molecular weight excluding hydrogens is 256 g/mol. The fourth-order valence-electron chi connectivity index (χ4n) is 2.35. The third kappa shape index (κ3) is 3.40. The summed E-state index contributed by atoms with van der Waals surface area (Å²) < 4.78 is 0. The molecule has 4 N–H and O–H groups in total. The van der Waals surface area contributed by atoms with Crippen LogP contribution >= 0.6 is 0 Å². The quantitative estimate of drug-likeness (QED) is 0.711. The maximum absolute atomic E-state index is 12.2. The first-order valence-electron chi connectivity index (χ1n) is 6.73. The van der Waals surface area contributed by atoms with Crippen LogP contribution in [0.25, 0.3) is 0 Å². The van der Waals surface area contributed by atoms with Crippen molar-refractivity contribution in [3.8, 4) is 0 Å². The van der Waals surface area contributed by atoms with Crippen molar-refractivity contribution in [1.82, 2.24) is 10.2 Å². The molecule has 6 nitrogen and oxygen atoms in total. The van der Waals surface area contributed by atoms with Crippen LogP contribution in [0.2, 0.25) is 0 Å². The van der Waals surface area contributed by atoms with Crippen LogP contribution < -0.4 is 16.4 Å². The number of nitrogens with zero attached hydrogens (tertiary/aromatic N) is 1. The summed E-state index contributed by atoms with van der Waals surface area (Å²) in [5.41, 5.74) is 6.95. The van der Waals surface area contributed by atoms with E-state index in [9.17, 15) is 9.59 Å². The van der Waals surface area contributed by atoms with Crippen LogP contribution in [0, 0.1) is 5.92 Å². The van der Waals surface area contributed by atoms with Gasteiger partial charge in [-0.2, -0.15) is 0 Å². The van der Waals surface area contributed by atoms with E-state index >= 15 is 0 Å². The number of benzene rings is 1. The van der Waals surface area contributed by atoms with E-state index < -0.39 is 0 Å². The molecule has 6 heteroatoms. The van der Waals surface area contributed by atoms with Gasteiger partial charge >= 0.3 is 6.03 Å². The van der Waals surface area contributed by atoms with Crippen LogP contribution in [-0.2, 0) is 4.79 Å². The van der Waals surface area contributed by atoms with Crippen LogP contribution in [0.5, 0.6) is 0 Å². The van der Waals surface area contributed by atoms with Crippen molar-refractivity contribution in [1.29, 1.82) is 0 Å². The molecule has 1 unspecified atom stereocenters. The lowest BCUT2D eigenvalue weighted by atomic mass is 9.97. The molecule has 1 saturated heterocycles. The zero-order chi connectivity index (χ0) is 14.5. The molecule has 1 atom stereocenters. The van der Waals surface area contributed by atoms with Crippen molar-refractivity contribution in [3.63, 3.8) is 0 Å². The second-order valence-electron chi connectivity index (χ2n) is 4.95. The largest absolute Gasteiger partial charge is 0.399 e. The Morgan fingerprint density at radius 2 is 2.00 bits per heavy atom. The molecule has 20 heavy (non-hydrogen) atoms. The van der Waals surface area contributed by atoms with Crippen molar-refractivity contribution < 1.29 is 9.59 Å². The summed E-state index contributed by atoms with van der Waals surface area (Å²) in [6, 6.07) is 6.81. The minimum Gasteiger partial charge on any atom is -0.399 e. The molecule has 108 valence electrons. The third-order valence-corrected chi connectivity index (χ3v) is 3.49. The number of urea groups is 1. The smallest absolute Gasteiger partial charge is 0.321 e. The molecule has 0 spiro atoms. The molecule has 0 saturated carbocycles. The Labute approximate surface area is 118 Å². The van der Waals surface area contributed by atoms with Gasteiger partial charge in [0.05, 0.1) is 5.92 Å². The lowest BCUT2D eigenvalue weighted by Gasteiger charge is -2.31. The normalized spacial score (nSPS) is 18.4. The summed E-state index contributed by atoms with van der Waals surface area (Å²) in [4.78, 5) is 25.5. The van der Waals surface area contributed by atoms with E-state index in [0.717, 1.165) is 12.8 Å². The van der Waals surface area contributed by atoms with Gasteiger partial charge in [-0.3, -0.25) is 4.79 Å². The predicted octanol–water partition coefficient (Wildman–Crippen LogP) is 1.26. The van der Waals surface area contributed by atoms with Crippen LogP contribution in [-0.4, -0.2) is 37.0 Å². The van der Waals surface area contributed by atoms with Gasteiger partial charge in [-0.25, -0.2) is 4.79 Å². The van der Waals surface area contributed by atoms with E-state index in [1.807, 2.05) is 0 Å². The molecule has 0 aromatic heterocycles. The highest BCUT2D eigenvalue weighted by atomic mass is 16.2. The molecule has 2 rings (SSSR count). The summed E-state index contributed by atoms with van der Waals surface area (Å²) in [5, 5.41) is 5.45. The highest BCUT2D eigenvalue weighted by Crippen LogP contribution is 2.18. The SMILES string of the molecule is CNC(=O)C1CCCN(C(=O)Nc2ccc(N)cc2)C1. The standard InChI is InChI=1S/C14H20N4O2/c1-16-13(19)10-3-2-8-18(9-10)14(20)17-12-6-4-11(15)5-7-12/h4-7,10H,2-3,8-9,15H2,1H3,(H,16,19)(H,17,20). The zero-order valence-corrected chi connectivity index (χ0v) is 11.6. The van der Waals surface area contributed by atoms with Crippen LogP contribution in [0.4, 0.5) is 16.2 Å². The average molecular weight is 276 g/mol. The van der Waals surface area contributed by atoms with Crippen LogP contribution in [0.15, 0.2) is 24.3 Å². The summed E-state index contributed by atoms with van der Waals surface area (Å²) in [7, 11) is 1.62. The van der Waals surface area contributed by atoms with Crippen molar-refractivity contribution in [3.05, 3.63) is 24.3 Å². The molecular formula is C14H20N4O2. The molecule has 0 bridgehead atoms. The highest BCUT2D eigenvalue weighted by Gasteiger charge is 2.27. The number of hydrogen-bond acceptors (Lipinski definition) is 3. The lowest BCUT2D eigenvalue weighted by molar-refractivity contribution is -0.125. The van der Waals surface area contributed by atoms with E-state index in [-0.39, 0.29) is 17.9 Å². The molecule has 1 aliphatic rings. The summed E-state index contributed by atoms with van der Waals surface area (Å²) in [6.45, 7) is 1.13. The number of anilines is 2. The molecule has 1 heterocycles. The Balaban J connectivity index is 1.95. The second kappa shape index (κ2) is 6.27. The molecule has 1 fully saturated rings. The fraction of sp³-hybridized carbons (Fsp3) is 0.429. The Kier molecular flexibility index (Phi) is 4.45. The number of nitrogens with two attached hydrogens (primary N) is 1. The zero-order valence-electron chi connectivity index (χ0n) is 11.6. The Bertz CT molecular complexity index is 486. The Hall–Kier alpha value is -2.24. The van der Waals surface area contributed by atoms with Gasteiger partial charge < -0.3 is 21.3 Å². The first-order chi connectivity index (χ1) is 9.60. The van der Waals surface area contributed by atoms with Crippen LogP contribution in [0.3, 0.4) is 0 Å². The number of nitrogen functional groups attached to an aromatic ring is 1. The molecule has 1 aliphatic heterocycles. The Morgan fingerprint density at radius 3 is 2.65 bits per heavy atom. The van der Waals surface area contributed by atoms with Gasteiger partial charge in [0, 0.05) is 31.5 Å². The van der Waals surface area contributed by atoms with E-state index in [4.69, 9.17) is 5.73 Å². The summed E-state index contributed by atoms with van der Waals surface area (Å²) in [6.07, 6.45) is 1.67. The maximum Gasteiger partial charge on any atom is 0.321 e.